The number of ether oxygens (including phenoxy) is 1. The molecule has 0 spiro atoms. The van der Waals surface area contributed by atoms with Gasteiger partial charge >= 0.3 is 5.97 Å². The Morgan fingerprint density at radius 2 is 2.05 bits per heavy atom. The molecule has 2 rings (SSSR count). The maximum absolute atomic E-state index is 12.1. The molecule has 1 aliphatic rings. The van der Waals surface area contributed by atoms with Gasteiger partial charge in [-0.15, -0.1) is 0 Å². The summed E-state index contributed by atoms with van der Waals surface area (Å²) in [6.45, 7) is 0.430. The van der Waals surface area contributed by atoms with Crippen molar-refractivity contribution in [1.29, 1.82) is 0 Å². The van der Waals surface area contributed by atoms with Crippen LogP contribution in [0.5, 0.6) is 0 Å². The summed E-state index contributed by atoms with van der Waals surface area (Å²) < 4.78 is 4.70. The van der Waals surface area contributed by atoms with Crippen molar-refractivity contribution in [2.75, 3.05) is 20.2 Å². The van der Waals surface area contributed by atoms with E-state index in [1.165, 1.54) is 7.11 Å². The van der Waals surface area contributed by atoms with E-state index < -0.39 is 18.1 Å². The van der Waals surface area contributed by atoms with Crippen molar-refractivity contribution in [1.82, 2.24) is 4.90 Å². The summed E-state index contributed by atoms with van der Waals surface area (Å²) in [7, 11) is 1.31. The lowest BCUT2D eigenvalue weighted by Gasteiger charge is -2.20. The van der Waals surface area contributed by atoms with Gasteiger partial charge in [0.15, 0.2) is 5.78 Å². The van der Waals surface area contributed by atoms with E-state index in [1.807, 2.05) is 6.07 Å². The van der Waals surface area contributed by atoms with Gasteiger partial charge in [0.2, 0.25) is 0 Å². The van der Waals surface area contributed by atoms with Gasteiger partial charge in [-0.2, -0.15) is 0 Å². The van der Waals surface area contributed by atoms with E-state index >= 15 is 0 Å². The summed E-state index contributed by atoms with van der Waals surface area (Å²) >= 11 is 0. The Labute approximate surface area is 111 Å². The van der Waals surface area contributed by atoms with Gasteiger partial charge in [0.25, 0.3) is 0 Å². The SMILES string of the molecule is COC(=O)[C@H]1C[C@H](O)CN1CC(=O)c1ccccc1. The largest absolute Gasteiger partial charge is 0.468 e. The van der Waals surface area contributed by atoms with E-state index in [2.05, 4.69) is 0 Å². The molecule has 1 saturated heterocycles. The number of carbonyl (C=O) groups excluding carboxylic acids is 2. The number of aliphatic hydroxyl groups is 1. The van der Waals surface area contributed by atoms with Crippen LogP contribution in [-0.4, -0.2) is 54.1 Å². The Hall–Kier alpha value is -1.72. The van der Waals surface area contributed by atoms with Crippen LogP contribution in [0.1, 0.15) is 16.8 Å². The molecule has 0 amide bonds. The Bertz CT molecular complexity index is 460. The second-order valence-electron chi connectivity index (χ2n) is 4.65. The van der Waals surface area contributed by atoms with Crippen molar-refractivity contribution in [3.63, 3.8) is 0 Å². The van der Waals surface area contributed by atoms with E-state index in [0.29, 0.717) is 18.5 Å². The lowest BCUT2D eigenvalue weighted by atomic mass is 10.1. The molecule has 1 N–H and O–H groups in total. The Kier molecular flexibility index (Phi) is 4.29. The van der Waals surface area contributed by atoms with Crippen molar-refractivity contribution >= 4 is 11.8 Å². The monoisotopic (exact) mass is 263 g/mol. The van der Waals surface area contributed by atoms with Crippen molar-refractivity contribution in [2.45, 2.75) is 18.6 Å². The van der Waals surface area contributed by atoms with Gasteiger partial charge in [0.1, 0.15) is 6.04 Å². The second-order valence-corrected chi connectivity index (χ2v) is 4.65. The van der Waals surface area contributed by atoms with Gasteiger partial charge in [0.05, 0.1) is 19.8 Å². The number of aliphatic hydroxyl groups excluding tert-OH is 1. The number of ketones is 1. The van der Waals surface area contributed by atoms with Crippen LogP contribution in [0.25, 0.3) is 0 Å². The maximum Gasteiger partial charge on any atom is 0.323 e. The molecule has 102 valence electrons. The van der Waals surface area contributed by atoms with Crippen molar-refractivity contribution < 1.29 is 19.4 Å². The minimum Gasteiger partial charge on any atom is -0.468 e. The molecule has 1 aromatic carbocycles. The Morgan fingerprint density at radius 1 is 1.37 bits per heavy atom. The quantitative estimate of drug-likeness (QED) is 0.632. The maximum atomic E-state index is 12.1. The number of nitrogens with zero attached hydrogens (tertiary/aromatic N) is 1. The van der Waals surface area contributed by atoms with Crippen molar-refractivity contribution in [3.05, 3.63) is 35.9 Å². The van der Waals surface area contributed by atoms with Crippen LogP contribution in [0, 0.1) is 0 Å². The van der Waals surface area contributed by atoms with Crippen LogP contribution < -0.4 is 0 Å². The summed E-state index contributed by atoms with van der Waals surface area (Å²) in [6, 6.07) is 8.37. The Balaban J connectivity index is 2.05. The topological polar surface area (TPSA) is 66.8 Å². The first-order chi connectivity index (χ1) is 9.11. The predicted molar refractivity (Wildman–Crippen MR) is 68.8 cm³/mol. The predicted octanol–water partition coefficient (Wildman–Crippen LogP) is 0.477. The molecular weight excluding hydrogens is 246 g/mol. The standard InChI is InChI=1S/C14H17NO4/c1-19-14(18)12-7-11(16)8-15(12)9-13(17)10-5-3-2-4-6-10/h2-6,11-12,16H,7-9H2,1H3/t11-,12+/m0/s1. The molecule has 5 heteroatoms. The van der Waals surface area contributed by atoms with E-state index in [4.69, 9.17) is 4.74 Å². The molecular formula is C14H17NO4. The molecule has 0 aliphatic carbocycles. The number of rotatable bonds is 4. The van der Waals surface area contributed by atoms with Crippen LogP contribution in [0.15, 0.2) is 30.3 Å². The number of carbonyl (C=O) groups is 2. The summed E-state index contributed by atoms with van der Waals surface area (Å²) in [4.78, 5) is 25.4. The first kappa shape index (κ1) is 13.7. The third-order valence-corrected chi connectivity index (χ3v) is 3.30. The molecule has 1 aromatic rings. The molecule has 1 fully saturated rings. The number of β-amino-alcohol motifs (C(OH)–C–C–N with tert-alkyl or cyclic N) is 1. The fourth-order valence-electron chi connectivity index (χ4n) is 2.34. The molecule has 1 heterocycles. The van der Waals surface area contributed by atoms with Crippen molar-refractivity contribution in [3.8, 4) is 0 Å². The number of Topliss-reactive ketones (excluding diaryl/α,β-unsaturated/α-hetero) is 1. The fraction of sp³-hybridized carbons (Fsp3) is 0.429. The number of likely N-dealkylation sites (tertiary alicyclic amines) is 1. The number of hydrogen-bond donors (Lipinski definition) is 1. The minimum atomic E-state index is -0.590. The summed E-state index contributed by atoms with van der Waals surface area (Å²) in [5, 5.41) is 9.64. The van der Waals surface area contributed by atoms with Crippen LogP contribution in [-0.2, 0) is 9.53 Å². The molecule has 2 atom stereocenters. The summed E-state index contributed by atoms with van der Waals surface area (Å²) in [5.41, 5.74) is 0.604. The highest BCUT2D eigenvalue weighted by Crippen LogP contribution is 2.19. The molecule has 0 aromatic heterocycles. The molecule has 1 aliphatic heterocycles. The number of methoxy groups -OCH3 is 1. The fourth-order valence-corrected chi connectivity index (χ4v) is 2.34. The third-order valence-electron chi connectivity index (χ3n) is 3.30. The molecule has 19 heavy (non-hydrogen) atoms. The van der Waals surface area contributed by atoms with Gasteiger partial charge in [-0.05, 0) is 0 Å². The minimum absolute atomic E-state index is 0.0661. The highest BCUT2D eigenvalue weighted by Gasteiger charge is 2.37. The van der Waals surface area contributed by atoms with Crippen LogP contribution in [0.2, 0.25) is 0 Å². The first-order valence-corrected chi connectivity index (χ1v) is 6.20. The summed E-state index contributed by atoms with van der Waals surface area (Å²) in [6.07, 6.45) is -0.276. The lowest BCUT2D eigenvalue weighted by Crippen LogP contribution is -2.40. The van der Waals surface area contributed by atoms with Crippen molar-refractivity contribution in [2.24, 2.45) is 0 Å². The average molecular weight is 263 g/mol. The highest BCUT2D eigenvalue weighted by molar-refractivity contribution is 5.97. The lowest BCUT2D eigenvalue weighted by molar-refractivity contribution is -0.145. The zero-order valence-corrected chi connectivity index (χ0v) is 10.8. The second kappa shape index (κ2) is 5.95. The van der Waals surface area contributed by atoms with Crippen LogP contribution >= 0.6 is 0 Å². The number of esters is 1. The van der Waals surface area contributed by atoms with Crippen LogP contribution in [0.4, 0.5) is 0 Å². The first-order valence-electron chi connectivity index (χ1n) is 6.20. The smallest absolute Gasteiger partial charge is 0.323 e. The molecule has 0 bridgehead atoms. The number of hydrogen-bond acceptors (Lipinski definition) is 5. The normalized spacial score (nSPS) is 23.3. The third kappa shape index (κ3) is 3.19. The Morgan fingerprint density at radius 3 is 2.68 bits per heavy atom. The molecule has 0 saturated carbocycles. The van der Waals surface area contributed by atoms with Gasteiger partial charge in [0, 0.05) is 18.5 Å². The van der Waals surface area contributed by atoms with Crippen LogP contribution in [0.3, 0.4) is 0 Å². The number of benzene rings is 1. The average Bonchev–Trinajstić information content (AvgIpc) is 2.79. The zero-order valence-electron chi connectivity index (χ0n) is 10.8. The molecule has 0 radical (unpaired) electrons. The summed E-state index contributed by atoms with van der Waals surface area (Å²) in [5.74, 6) is -0.471. The van der Waals surface area contributed by atoms with E-state index in [-0.39, 0.29) is 12.3 Å². The van der Waals surface area contributed by atoms with E-state index in [9.17, 15) is 14.7 Å². The van der Waals surface area contributed by atoms with E-state index in [0.717, 1.165) is 0 Å². The van der Waals surface area contributed by atoms with Gasteiger partial charge in [-0.1, -0.05) is 30.3 Å². The van der Waals surface area contributed by atoms with Gasteiger partial charge in [-0.25, -0.2) is 0 Å². The van der Waals surface area contributed by atoms with E-state index in [1.54, 1.807) is 29.2 Å². The highest BCUT2D eigenvalue weighted by atomic mass is 16.5. The molecule has 0 unspecified atom stereocenters. The van der Waals surface area contributed by atoms with Gasteiger partial charge in [-0.3, -0.25) is 14.5 Å². The van der Waals surface area contributed by atoms with Gasteiger partial charge < -0.3 is 9.84 Å². The zero-order chi connectivity index (χ0) is 13.8. The molecule has 5 nitrogen and oxygen atoms in total.